The van der Waals surface area contributed by atoms with Gasteiger partial charge in [-0.2, -0.15) is 5.26 Å². The van der Waals surface area contributed by atoms with Gasteiger partial charge in [-0.25, -0.2) is 4.39 Å². The maximum Gasteiger partial charge on any atom is 0.123 e. The second kappa shape index (κ2) is 4.00. The Kier molecular flexibility index (Phi) is 2.70. The molecule has 15 heavy (non-hydrogen) atoms. The van der Waals surface area contributed by atoms with Crippen molar-refractivity contribution in [2.45, 2.75) is 12.8 Å². The van der Waals surface area contributed by atoms with Crippen LogP contribution in [0, 0.1) is 22.6 Å². The monoisotopic (exact) mass is 205 g/mol. The van der Waals surface area contributed by atoms with E-state index in [2.05, 4.69) is 6.07 Å². The molecule has 1 heterocycles. The second-order valence-corrected chi connectivity index (χ2v) is 4.00. The van der Waals surface area contributed by atoms with Gasteiger partial charge in [0.15, 0.2) is 0 Å². The smallest absolute Gasteiger partial charge is 0.123 e. The Hall–Kier alpha value is -1.40. The molecule has 0 spiro atoms. The van der Waals surface area contributed by atoms with Crippen molar-refractivity contribution >= 4 is 0 Å². The largest absolute Gasteiger partial charge is 0.380 e. The van der Waals surface area contributed by atoms with E-state index in [1.807, 2.05) is 0 Å². The van der Waals surface area contributed by atoms with E-state index in [1.54, 1.807) is 12.1 Å². The highest BCUT2D eigenvalue weighted by Crippen LogP contribution is 2.31. The van der Waals surface area contributed by atoms with Gasteiger partial charge in [0.2, 0.25) is 0 Å². The fraction of sp³-hybridized carbons (Fsp3) is 0.417. The Morgan fingerprint density at radius 2 is 2.13 bits per heavy atom. The third-order valence-corrected chi connectivity index (χ3v) is 2.80. The van der Waals surface area contributed by atoms with E-state index in [9.17, 15) is 4.39 Å². The fourth-order valence-corrected chi connectivity index (χ4v) is 1.87. The molecule has 0 radical (unpaired) electrons. The zero-order valence-corrected chi connectivity index (χ0v) is 8.37. The first kappa shape index (κ1) is 10.1. The lowest BCUT2D eigenvalue weighted by Crippen LogP contribution is -2.21. The van der Waals surface area contributed by atoms with Crippen LogP contribution in [-0.4, -0.2) is 13.2 Å². The normalized spacial score (nSPS) is 25.1. The number of rotatable bonds is 2. The quantitative estimate of drug-likeness (QED) is 0.742. The van der Waals surface area contributed by atoms with Gasteiger partial charge in [-0.3, -0.25) is 0 Å². The zero-order chi connectivity index (χ0) is 10.7. The van der Waals surface area contributed by atoms with Crippen LogP contribution in [0.15, 0.2) is 24.3 Å². The van der Waals surface area contributed by atoms with Gasteiger partial charge in [0.1, 0.15) is 5.82 Å². The molecule has 1 aliphatic rings. The molecule has 0 amide bonds. The Labute approximate surface area is 88.3 Å². The standard InChI is InChI=1S/C12H12FNO/c13-11-3-1-10(2-4-11)7-12(8-14)5-6-15-9-12/h1-4H,5-7,9H2. The summed E-state index contributed by atoms with van der Waals surface area (Å²) in [7, 11) is 0. The summed E-state index contributed by atoms with van der Waals surface area (Å²) < 4.78 is 17.9. The number of hydrogen-bond donors (Lipinski definition) is 0. The molecule has 2 nitrogen and oxygen atoms in total. The first-order chi connectivity index (χ1) is 7.24. The molecule has 1 saturated heterocycles. The Balaban J connectivity index is 2.14. The maximum atomic E-state index is 12.7. The Bertz CT molecular complexity index is 374. The molecule has 1 aromatic rings. The molecule has 3 heteroatoms. The van der Waals surface area contributed by atoms with Gasteiger partial charge < -0.3 is 4.74 Å². The van der Waals surface area contributed by atoms with Crippen LogP contribution in [0.5, 0.6) is 0 Å². The van der Waals surface area contributed by atoms with Crippen LogP contribution in [0.25, 0.3) is 0 Å². The highest BCUT2D eigenvalue weighted by Gasteiger charge is 2.35. The molecule has 1 atom stereocenters. The molecule has 0 aromatic heterocycles. The van der Waals surface area contributed by atoms with Gasteiger partial charge in [0.25, 0.3) is 0 Å². The average molecular weight is 205 g/mol. The summed E-state index contributed by atoms with van der Waals surface area (Å²) in [5.41, 5.74) is 0.584. The summed E-state index contributed by atoms with van der Waals surface area (Å²) >= 11 is 0. The van der Waals surface area contributed by atoms with Gasteiger partial charge in [-0.1, -0.05) is 12.1 Å². The number of nitriles is 1. The van der Waals surface area contributed by atoms with Gasteiger partial charge >= 0.3 is 0 Å². The number of ether oxygens (including phenoxy) is 1. The van der Waals surface area contributed by atoms with E-state index in [1.165, 1.54) is 12.1 Å². The van der Waals surface area contributed by atoms with Gasteiger partial charge in [-0.05, 0) is 30.5 Å². The highest BCUT2D eigenvalue weighted by atomic mass is 19.1. The van der Waals surface area contributed by atoms with Crippen molar-refractivity contribution < 1.29 is 9.13 Å². The fourth-order valence-electron chi connectivity index (χ4n) is 1.87. The van der Waals surface area contributed by atoms with Crippen LogP contribution in [0.1, 0.15) is 12.0 Å². The molecule has 1 unspecified atom stereocenters. The lowest BCUT2D eigenvalue weighted by Gasteiger charge is -2.17. The van der Waals surface area contributed by atoms with Gasteiger partial charge in [0, 0.05) is 6.61 Å². The number of hydrogen-bond acceptors (Lipinski definition) is 2. The number of benzene rings is 1. The van der Waals surface area contributed by atoms with Crippen LogP contribution < -0.4 is 0 Å². The first-order valence-corrected chi connectivity index (χ1v) is 4.98. The van der Waals surface area contributed by atoms with E-state index in [0.717, 1.165) is 12.0 Å². The summed E-state index contributed by atoms with van der Waals surface area (Å²) in [6.45, 7) is 1.13. The van der Waals surface area contributed by atoms with Crippen molar-refractivity contribution in [2.24, 2.45) is 5.41 Å². The van der Waals surface area contributed by atoms with Crippen molar-refractivity contribution in [1.29, 1.82) is 5.26 Å². The molecule has 1 fully saturated rings. The highest BCUT2D eigenvalue weighted by molar-refractivity contribution is 5.20. The van der Waals surface area contributed by atoms with Gasteiger partial charge in [0.05, 0.1) is 18.1 Å². The third-order valence-electron chi connectivity index (χ3n) is 2.80. The lowest BCUT2D eigenvalue weighted by atomic mass is 9.82. The van der Waals surface area contributed by atoms with E-state index in [-0.39, 0.29) is 5.82 Å². The topological polar surface area (TPSA) is 33.0 Å². The van der Waals surface area contributed by atoms with E-state index in [0.29, 0.717) is 19.6 Å². The molecule has 0 saturated carbocycles. The minimum Gasteiger partial charge on any atom is -0.380 e. The summed E-state index contributed by atoms with van der Waals surface area (Å²) in [6, 6.07) is 8.63. The van der Waals surface area contributed by atoms with Crippen LogP contribution in [-0.2, 0) is 11.2 Å². The van der Waals surface area contributed by atoms with Crippen molar-refractivity contribution in [1.82, 2.24) is 0 Å². The predicted molar refractivity (Wildman–Crippen MR) is 53.6 cm³/mol. The van der Waals surface area contributed by atoms with Crippen LogP contribution in [0.4, 0.5) is 4.39 Å². The van der Waals surface area contributed by atoms with E-state index >= 15 is 0 Å². The van der Waals surface area contributed by atoms with Crippen LogP contribution >= 0.6 is 0 Å². The van der Waals surface area contributed by atoms with Crippen molar-refractivity contribution in [3.63, 3.8) is 0 Å². The molecule has 78 valence electrons. The molecule has 2 rings (SSSR count). The third kappa shape index (κ3) is 2.16. The number of nitrogens with zero attached hydrogens (tertiary/aromatic N) is 1. The molecule has 0 aliphatic carbocycles. The Morgan fingerprint density at radius 3 is 2.67 bits per heavy atom. The molecule has 0 bridgehead atoms. The molecular weight excluding hydrogens is 193 g/mol. The summed E-state index contributed by atoms with van der Waals surface area (Å²) in [5, 5.41) is 9.13. The minimum atomic E-state index is -0.405. The zero-order valence-electron chi connectivity index (χ0n) is 8.37. The molecule has 1 aliphatic heterocycles. The summed E-state index contributed by atoms with van der Waals surface area (Å²) in [5.74, 6) is -0.243. The van der Waals surface area contributed by atoms with E-state index < -0.39 is 5.41 Å². The van der Waals surface area contributed by atoms with Crippen LogP contribution in [0.3, 0.4) is 0 Å². The summed E-state index contributed by atoms with van der Waals surface area (Å²) in [4.78, 5) is 0. The average Bonchev–Trinajstić information content (AvgIpc) is 2.71. The molecule has 1 aromatic carbocycles. The molecular formula is C12H12FNO. The van der Waals surface area contributed by atoms with Gasteiger partial charge in [-0.15, -0.1) is 0 Å². The maximum absolute atomic E-state index is 12.7. The summed E-state index contributed by atoms with van der Waals surface area (Å²) in [6.07, 6.45) is 1.41. The SMILES string of the molecule is N#CC1(Cc2ccc(F)cc2)CCOC1. The predicted octanol–water partition coefficient (Wildman–Crippen LogP) is 2.30. The lowest BCUT2D eigenvalue weighted by molar-refractivity contribution is 0.171. The van der Waals surface area contributed by atoms with Crippen molar-refractivity contribution in [2.75, 3.05) is 13.2 Å². The first-order valence-electron chi connectivity index (χ1n) is 4.98. The van der Waals surface area contributed by atoms with E-state index in [4.69, 9.17) is 10.00 Å². The second-order valence-electron chi connectivity index (χ2n) is 4.00. The van der Waals surface area contributed by atoms with Crippen LogP contribution in [0.2, 0.25) is 0 Å². The Morgan fingerprint density at radius 1 is 1.40 bits per heavy atom. The number of halogens is 1. The minimum absolute atomic E-state index is 0.243. The van der Waals surface area contributed by atoms with Crippen molar-refractivity contribution in [3.8, 4) is 6.07 Å². The molecule has 0 N–H and O–H groups in total. The van der Waals surface area contributed by atoms with Crippen molar-refractivity contribution in [3.05, 3.63) is 35.6 Å².